The molecule has 18 heavy (non-hydrogen) atoms. The van der Waals surface area contributed by atoms with Crippen LogP contribution in [0.15, 0.2) is 18.2 Å². The summed E-state index contributed by atoms with van der Waals surface area (Å²) in [7, 11) is 0. The number of aliphatic carboxylic acids is 1. The Hall–Kier alpha value is -1.77. The van der Waals surface area contributed by atoms with E-state index in [4.69, 9.17) is 22.0 Å². The van der Waals surface area contributed by atoms with E-state index in [1.165, 1.54) is 4.90 Å². The lowest BCUT2D eigenvalue weighted by Crippen LogP contribution is -2.36. The number of rotatable bonds is 2. The zero-order valence-electron chi connectivity index (χ0n) is 9.38. The lowest BCUT2D eigenvalue weighted by atomic mass is 10.1. The highest BCUT2D eigenvalue weighted by molar-refractivity contribution is 6.30. The molecule has 0 spiro atoms. The maximum absolute atomic E-state index is 11.1. The molecule has 1 aliphatic heterocycles. The maximum Gasteiger partial charge on any atom is 0.326 e. The standard InChI is InChI=1S/C12H11ClN2O3/c13-8-2-1-7(5-14)10(3-8)15-6-9(16)4-11(15)12(17)18/h1-3,9,11,16H,4,6H2,(H,17,18). The van der Waals surface area contributed by atoms with Crippen molar-refractivity contribution >= 4 is 23.3 Å². The number of β-amino-alcohol motifs (C(OH)–C–C–N with tert-alkyl or cyclic N) is 1. The van der Waals surface area contributed by atoms with E-state index in [0.717, 1.165) is 0 Å². The first kappa shape index (κ1) is 12.7. The van der Waals surface area contributed by atoms with Gasteiger partial charge in [-0.1, -0.05) is 11.6 Å². The van der Waals surface area contributed by atoms with Crippen molar-refractivity contribution in [1.82, 2.24) is 0 Å². The molecule has 6 heteroatoms. The number of aliphatic hydroxyl groups is 1. The molecule has 2 atom stereocenters. The lowest BCUT2D eigenvalue weighted by Gasteiger charge is -2.24. The number of benzene rings is 1. The van der Waals surface area contributed by atoms with E-state index in [0.29, 0.717) is 16.3 Å². The van der Waals surface area contributed by atoms with Crippen molar-refractivity contribution in [1.29, 1.82) is 5.26 Å². The molecule has 1 aliphatic rings. The maximum atomic E-state index is 11.1. The molecule has 2 rings (SSSR count). The third kappa shape index (κ3) is 2.26. The van der Waals surface area contributed by atoms with Crippen molar-refractivity contribution in [2.24, 2.45) is 0 Å². The number of nitriles is 1. The van der Waals surface area contributed by atoms with Crippen molar-refractivity contribution in [2.75, 3.05) is 11.4 Å². The van der Waals surface area contributed by atoms with Gasteiger partial charge in [0.15, 0.2) is 0 Å². The minimum atomic E-state index is -1.02. The van der Waals surface area contributed by atoms with Crippen LogP contribution in [-0.4, -0.2) is 34.9 Å². The van der Waals surface area contributed by atoms with Gasteiger partial charge < -0.3 is 15.1 Å². The number of hydrogen-bond donors (Lipinski definition) is 2. The van der Waals surface area contributed by atoms with Crippen LogP contribution < -0.4 is 4.90 Å². The topological polar surface area (TPSA) is 84.6 Å². The summed E-state index contributed by atoms with van der Waals surface area (Å²) in [6.45, 7) is 0.186. The highest BCUT2D eigenvalue weighted by Gasteiger charge is 2.37. The summed E-state index contributed by atoms with van der Waals surface area (Å²) in [5.74, 6) is -1.02. The summed E-state index contributed by atoms with van der Waals surface area (Å²) >= 11 is 5.87. The molecule has 1 heterocycles. The average molecular weight is 267 g/mol. The van der Waals surface area contributed by atoms with Gasteiger partial charge in [0.2, 0.25) is 0 Å². The third-order valence-electron chi connectivity index (χ3n) is 2.95. The van der Waals surface area contributed by atoms with Gasteiger partial charge in [-0.25, -0.2) is 4.79 Å². The summed E-state index contributed by atoms with van der Waals surface area (Å²) < 4.78 is 0. The highest BCUT2D eigenvalue weighted by Crippen LogP contribution is 2.31. The van der Waals surface area contributed by atoms with Crippen molar-refractivity contribution in [3.8, 4) is 6.07 Å². The molecule has 1 saturated heterocycles. The van der Waals surface area contributed by atoms with E-state index in [2.05, 4.69) is 0 Å². The molecule has 0 aromatic heterocycles. The van der Waals surface area contributed by atoms with Gasteiger partial charge in [-0.15, -0.1) is 0 Å². The molecule has 1 aromatic rings. The van der Waals surface area contributed by atoms with Gasteiger partial charge in [-0.3, -0.25) is 0 Å². The molecule has 2 unspecified atom stereocenters. The number of carbonyl (C=O) groups is 1. The summed E-state index contributed by atoms with van der Waals surface area (Å²) in [4.78, 5) is 12.7. The van der Waals surface area contributed by atoms with Crippen LogP contribution in [0.1, 0.15) is 12.0 Å². The van der Waals surface area contributed by atoms with Gasteiger partial charge in [0, 0.05) is 18.0 Å². The van der Waals surface area contributed by atoms with Crippen molar-refractivity contribution < 1.29 is 15.0 Å². The van der Waals surface area contributed by atoms with E-state index < -0.39 is 18.1 Å². The van der Waals surface area contributed by atoms with Crippen molar-refractivity contribution in [3.05, 3.63) is 28.8 Å². The Labute approximate surface area is 109 Å². The Bertz CT molecular complexity index is 527. The van der Waals surface area contributed by atoms with E-state index in [1.807, 2.05) is 6.07 Å². The molecule has 0 aliphatic carbocycles. The molecular weight excluding hydrogens is 256 g/mol. The van der Waals surface area contributed by atoms with Crippen LogP contribution in [0.5, 0.6) is 0 Å². The van der Waals surface area contributed by atoms with E-state index in [9.17, 15) is 9.90 Å². The smallest absolute Gasteiger partial charge is 0.326 e. The second kappa shape index (κ2) is 4.84. The second-order valence-corrected chi connectivity index (χ2v) is 4.61. The van der Waals surface area contributed by atoms with Crippen LogP contribution in [0.25, 0.3) is 0 Å². The Morgan fingerprint density at radius 2 is 2.28 bits per heavy atom. The zero-order valence-corrected chi connectivity index (χ0v) is 10.1. The lowest BCUT2D eigenvalue weighted by molar-refractivity contribution is -0.138. The first-order chi connectivity index (χ1) is 8.52. The molecular formula is C12H11ClN2O3. The van der Waals surface area contributed by atoms with Crippen LogP contribution in [0.4, 0.5) is 5.69 Å². The molecule has 0 bridgehead atoms. The largest absolute Gasteiger partial charge is 0.480 e. The fourth-order valence-corrected chi connectivity index (χ4v) is 2.32. The predicted octanol–water partition coefficient (Wildman–Crippen LogP) is 1.24. The molecule has 94 valence electrons. The van der Waals surface area contributed by atoms with Crippen LogP contribution in [0.3, 0.4) is 0 Å². The molecule has 0 radical (unpaired) electrons. The number of aliphatic hydroxyl groups excluding tert-OH is 1. The number of halogens is 1. The number of nitrogens with zero attached hydrogens (tertiary/aromatic N) is 2. The summed E-state index contributed by atoms with van der Waals surface area (Å²) in [5, 5.41) is 28.2. The number of carboxylic acid groups (broad SMARTS) is 1. The SMILES string of the molecule is N#Cc1ccc(Cl)cc1N1CC(O)CC1C(=O)O. The Morgan fingerprint density at radius 1 is 1.56 bits per heavy atom. The summed E-state index contributed by atoms with van der Waals surface area (Å²) in [6.07, 6.45) is -0.566. The minimum absolute atomic E-state index is 0.146. The van der Waals surface area contributed by atoms with Gasteiger partial charge in [-0.2, -0.15) is 5.26 Å². The van der Waals surface area contributed by atoms with Crippen molar-refractivity contribution in [3.63, 3.8) is 0 Å². The van der Waals surface area contributed by atoms with E-state index in [-0.39, 0.29) is 13.0 Å². The van der Waals surface area contributed by atoms with Gasteiger partial charge >= 0.3 is 5.97 Å². The quantitative estimate of drug-likeness (QED) is 0.841. The monoisotopic (exact) mass is 266 g/mol. The molecule has 0 amide bonds. The molecule has 1 fully saturated rings. The number of anilines is 1. The Kier molecular flexibility index (Phi) is 3.41. The van der Waals surface area contributed by atoms with Crippen LogP contribution in [0, 0.1) is 11.3 Å². The normalized spacial score (nSPS) is 22.8. The summed E-state index contributed by atoms with van der Waals surface area (Å²) in [6, 6.07) is 5.84. The fraction of sp³-hybridized carbons (Fsp3) is 0.333. The Morgan fingerprint density at radius 3 is 2.89 bits per heavy atom. The van der Waals surface area contributed by atoms with Crippen LogP contribution in [0.2, 0.25) is 5.02 Å². The third-order valence-corrected chi connectivity index (χ3v) is 3.19. The van der Waals surface area contributed by atoms with Gasteiger partial charge in [0.1, 0.15) is 12.1 Å². The number of hydrogen-bond acceptors (Lipinski definition) is 4. The molecule has 1 aromatic carbocycles. The molecule has 2 N–H and O–H groups in total. The first-order valence-electron chi connectivity index (χ1n) is 5.40. The average Bonchev–Trinajstić information content (AvgIpc) is 2.71. The van der Waals surface area contributed by atoms with Crippen LogP contribution in [-0.2, 0) is 4.79 Å². The highest BCUT2D eigenvalue weighted by atomic mass is 35.5. The van der Waals surface area contributed by atoms with Gasteiger partial charge in [0.25, 0.3) is 0 Å². The zero-order chi connectivity index (χ0) is 13.3. The van der Waals surface area contributed by atoms with E-state index >= 15 is 0 Å². The Balaban J connectivity index is 2.44. The van der Waals surface area contributed by atoms with E-state index in [1.54, 1.807) is 18.2 Å². The second-order valence-electron chi connectivity index (χ2n) is 4.17. The first-order valence-corrected chi connectivity index (χ1v) is 5.78. The minimum Gasteiger partial charge on any atom is -0.480 e. The molecule has 0 saturated carbocycles. The van der Waals surface area contributed by atoms with Crippen LogP contribution >= 0.6 is 11.6 Å². The fourth-order valence-electron chi connectivity index (χ4n) is 2.15. The number of carboxylic acids is 1. The van der Waals surface area contributed by atoms with Gasteiger partial charge in [-0.05, 0) is 18.2 Å². The summed E-state index contributed by atoms with van der Waals surface area (Å²) in [5.41, 5.74) is 0.800. The van der Waals surface area contributed by atoms with Crippen molar-refractivity contribution in [2.45, 2.75) is 18.6 Å². The molecule has 5 nitrogen and oxygen atoms in total. The predicted molar refractivity (Wildman–Crippen MR) is 65.6 cm³/mol. The van der Waals surface area contributed by atoms with Gasteiger partial charge in [0.05, 0.1) is 17.4 Å².